The van der Waals surface area contributed by atoms with E-state index in [1.54, 1.807) is 0 Å². The molecule has 0 saturated carbocycles. The molecule has 0 saturated heterocycles. The number of amidine groups is 1. The summed E-state index contributed by atoms with van der Waals surface area (Å²) in [5.41, 5.74) is 2.43. The van der Waals surface area contributed by atoms with E-state index in [0.717, 1.165) is 16.2 Å². The first-order valence-electron chi connectivity index (χ1n) is 6.56. The third-order valence-corrected chi connectivity index (χ3v) is 3.75. The number of nitrogens with one attached hydrogen (secondary N) is 1. The minimum absolute atomic E-state index is 0.0341. The van der Waals surface area contributed by atoms with Gasteiger partial charge in [0.05, 0.1) is 6.04 Å². The van der Waals surface area contributed by atoms with Gasteiger partial charge in [0, 0.05) is 5.56 Å². The number of hydrogen-bond donors (Lipinski definition) is 3. The monoisotopic (exact) mass is 268 g/mol. The Morgan fingerprint density at radius 3 is 2.45 bits per heavy atom. The predicted molar refractivity (Wildman–Crippen MR) is 75.8 cm³/mol. The van der Waals surface area contributed by atoms with E-state index in [1.165, 1.54) is 0 Å². The smallest absolute Gasteiger partial charge is 0.152 e. The molecule has 1 aliphatic heterocycles. The van der Waals surface area contributed by atoms with Crippen LogP contribution in [0.3, 0.4) is 0 Å². The summed E-state index contributed by atoms with van der Waals surface area (Å²) in [4.78, 5) is 0. The molecule has 2 atom stereocenters. The van der Waals surface area contributed by atoms with Crippen LogP contribution in [0.4, 0.5) is 0 Å². The highest BCUT2D eigenvalue weighted by molar-refractivity contribution is 5.98. The molecular formula is C16H16N2O2. The largest absolute Gasteiger partial charge is 0.386 e. The van der Waals surface area contributed by atoms with Crippen molar-refractivity contribution in [2.24, 2.45) is 0 Å². The molecule has 2 aromatic rings. The Morgan fingerprint density at radius 1 is 1.05 bits per heavy atom. The second-order valence-electron chi connectivity index (χ2n) is 4.98. The molecule has 0 aliphatic carbocycles. The van der Waals surface area contributed by atoms with Crippen LogP contribution in [0, 0.1) is 5.41 Å². The van der Waals surface area contributed by atoms with E-state index < -0.39 is 12.1 Å². The zero-order chi connectivity index (χ0) is 14.1. The van der Waals surface area contributed by atoms with Gasteiger partial charge in [-0.3, -0.25) is 10.6 Å². The van der Waals surface area contributed by atoms with Crippen LogP contribution >= 0.6 is 0 Å². The highest BCUT2D eigenvalue weighted by Gasteiger charge is 2.34. The molecule has 3 rings (SSSR count). The van der Waals surface area contributed by atoms with Crippen molar-refractivity contribution in [2.45, 2.75) is 18.6 Å². The quantitative estimate of drug-likeness (QED) is 0.783. The molecule has 0 fully saturated rings. The number of aliphatic hydroxyl groups excluding tert-OH is 1. The maximum Gasteiger partial charge on any atom is 0.152 e. The van der Waals surface area contributed by atoms with Crippen LogP contribution in [0.2, 0.25) is 0 Å². The van der Waals surface area contributed by atoms with Crippen LogP contribution in [0.25, 0.3) is 0 Å². The van der Waals surface area contributed by atoms with Crippen molar-refractivity contribution in [3.8, 4) is 0 Å². The fourth-order valence-electron chi connectivity index (χ4n) is 2.65. The molecule has 4 nitrogen and oxygen atoms in total. The summed E-state index contributed by atoms with van der Waals surface area (Å²) >= 11 is 0. The molecule has 2 aromatic carbocycles. The molecule has 0 amide bonds. The molecule has 0 bridgehead atoms. The maximum absolute atomic E-state index is 10.5. The summed E-state index contributed by atoms with van der Waals surface area (Å²) in [6.07, 6.45) is -0.333. The molecule has 1 heterocycles. The van der Waals surface area contributed by atoms with Gasteiger partial charge in [-0.2, -0.15) is 0 Å². The summed E-state index contributed by atoms with van der Waals surface area (Å²) in [6, 6.07) is 16.2. The topological polar surface area (TPSA) is 67.5 Å². The second-order valence-corrected chi connectivity index (χ2v) is 4.98. The van der Waals surface area contributed by atoms with E-state index >= 15 is 0 Å². The molecule has 4 heteroatoms. The minimum Gasteiger partial charge on any atom is -0.386 e. The summed E-state index contributed by atoms with van der Waals surface area (Å²) in [7, 11) is 0. The lowest BCUT2D eigenvalue weighted by Crippen LogP contribution is -2.46. The number of rotatable bonds is 2. The SMILES string of the molecule is N=C1c2ccccc2C[C@@H]([C@H](O)c2ccccc2)N1O. The average molecular weight is 268 g/mol. The van der Waals surface area contributed by atoms with Gasteiger partial charge < -0.3 is 5.11 Å². The van der Waals surface area contributed by atoms with Gasteiger partial charge in [0.25, 0.3) is 0 Å². The Labute approximate surface area is 117 Å². The first kappa shape index (κ1) is 12.8. The second kappa shape index (κ2) is 5.07. The zero-order valence-corrected chi connectivity index (χ0v) is 10.9. The lowest BCUT2D eigenvalue weighted by Gasteiger charge is -2.36. The lowest BCUT2D eigenvalue weighted by atomic mass is 9.89. The average Bonchev–Trinajstić information content (AvgIpc) is 2.51. The molecule has 3 N–H and O–H groups in total. The van der Waals surface area contributed by atoms with Gasteiger partial charge >= 0.3 is 0 Å². The van der Waals surface area contributed by atoms with Gasteiger partial charge in [-0.25, -0.2) is 5.06 Å². The third-order valence-electron chi connectivity index (χ3n) is 3.75. The fourth-order valence-corrected chi connectivity index (χ4v) is 2.65. The molecule has 0 spiro atoms. The zero-order valence-electron chi connectivity index (χ0n) is 10.9. The Hall–Kier alpha value is -2.17. The van der Waals surface area contributed by atoms with E-state index in [0.29, 0.717) is 12.0 Å². The number of hydrogen-bond acceptors (Lipinski definition) is 3. The standard InChI is InChI=1S/C16H16N2O2/c17-16-13-9-5-4-8-12(13)10-14(18(16)20)15(19)11-6-2-1-3-7-11/h1-9,14-15,17,19-20H,10H2/t14-,15+/m0/s1. The lowest BCUT2D eigenvalue weighted by molar-refractivity contribution is -0.0970. The van der Waals surface area contributed by atoms with Crippen molar-refractivity contribution in [1.82, 2.24) is 5.06 Å². The normalized spacial score (nSPS) is 19.6. The van der Waals surface area contributed by atoms with Gasteiger partial charge in [-0.1, -0.05) is 54.6 Å². The molecule has 0 aromatic heterocycles. The summed E-state index contributed by atoms with van der Waals surface area (Å²) in [6.45, 7) is 0. The van der Waals surface area contributed by atoms with Crippen LogP contribution in [-0.4, -0.2) is 27.3 Å². The van der Waals surface area contributed by atoms with Gasteiger partial charge in [0.2, 0.25) is 0 Å². The van der Waals surface area contributed by atoms with E-state index in [1.807, 2.05) is 54.6 Å². The van der Waals surface area contributed by atoms with Crippen LogP contribution < -0.4 is 0 Å². The Bertz CT molecular complexity index is 627. The van der Waals surface area contributed by atoms with Gasteiger partial charge in [-0.15, -0.1) is 0 Å². The van der Waals surface area contributed by atoms with Crippen LogP contribution in [0.1, 0.15) is 22.8 Å². The van der Waals surface area contributed by atoms with E-state index in [4.69, 9.17) is 5.41 Å². The Balaban J connectivity index is 1.94. The number of fused-ring (bicyclic) bond motifs is 1. The molecular weight excluding hydrogens is 252 g/mol. The summed E-state index contributed by atoms with van der Waals surface area (Å²) < 4.78 is 0. The van der Waals surface area contributed by atoms with Crippen molar-refractivity contribution >= 4 is 5.84 Å². The van der Waals surface area contributed by atoms with Crippen molar-refractivity contribution in [2.75, 3.05) is 0 Å². The van der Waals surface area contributed by atoms with Gasteiger partial charge in [-0.05, 0) is 17.5 Å². The molecule has 0 radical (unpaired) electrons. The maximum atomic E-state index is 10.5. The number of benzene rings is 2. The fraction of sp³-hybridized carbons (Fsp3) is 0.188. The number of aliphatic hydroxyl groups is 1. The Morgan fingerprint density at radius 2 is 1.70 bits per heavy atom. The molecule has 102 valence electrons. The molecule has 1 aliphatic rings. The van der Waals surface area contributed by atoms with Crippen LogP contribution in [0.5, 0.6) is 0 Å². The summed E-state index contributed by atoms with van der Waals surface area (Å²) in [5, 5.41) is 29.5. The summed E-state index contributed by atoms with van der Waals surface area (Å²) in [5.74, 6) is 0.0341. The van der Waals surface area contributed by atoms with Crippen LogP contribution in [-0.2, 0) is 6.42 Å². The van der Waals surface area contributed by atoms with Crippen molar-refractivity contribution in [3.63, 3.8) is 0 Å². The van der Waals surface area contributed by atoms with E-state index in [9.17, 15) is 10.3 Å². The van der Waals surface area contributed by atoms with E-state index in [-0.39, 0.29) is 5.84 Å². The molecule has 0 unspecified atom stereocenters. The van der Waals surface area contributed by atoms with Crippen molar-refractivity contribution < 1.29 is 10.3 Å². The number of hydroxylamine groups is 2. The Kier molecular flexibility index (Phi) is 3.26. The first-order valence-corrected chi connectivity index (χ1v) is 6.56. The minimum atomic E-state index is -0.838. The van der Waals surface area contributed by atoms with Crippen molar-refractivity contribution in [1.29, 1.82) is 5.41 Å². The predicted octanol–water partition coefficient (Wildman–Crippen LogP) is 2.36. The molecule has 20 heavy (non-hydrogen) atoms. The third kappa shape index (κ3) is 2.09. The van der Waals surface area contributed by atoms with Gasteiger partial charge in [0.1, 0.15) is 6.10 Å². The highest BCUT2D eigenvalue weighted by Crippen LogP contribution is 2.29. The van der Waals surface area contributed by atoms with Crippen molar-refractivity contribution in [3.05, 3.63) is 71.3 Å². The van der Waals surface area contributed by atoms with Gasteiger partial charge in [0.15, 0.2) is 5.84 Å². The first-order chi connectivity index (χ1) is 9.68. The van der Waals surface area contributed by atoms with Crippen LogP contribution in [0.15, 0.2) is 54.6 Å². The van der Waals surface area contributed by atoms with E-state index in [2.05, 4.69) is 0 Å². The highest BCUT2D eigenvalue weighted by atomic mass is 16.5. The number of nitrogens with zero attached hydrogens (tertiary/aromatic N) is 1.